The lowest BCUT2D eigenvalue weighted by atomic mass is 9.96. The van der Waals surface area contributed by atoms with Gasteiger partial charge in [-0.2, -0.15) is 0 Å². The van der Waals surface area contributed by atoms with Gasteiger partial charge in [0.1, 0.15) is 11.4 Å². The van der Waals surface area contributed by atoms with E-state index in [4.69, 9.17) is 0 Å². The third-order valence-corrected chi connectivity index (χ3v) is 2.69. The largest absolute Gasteiger partial charge is 0.384 e. The summed E-state index contributed by atoms with van der Waals surface area (Å²) in [5, 5.41) is 12.9. The molecule has 0 spiro atoms. The van der Waals surface area contributed by atoms with Crippen LogP contribution in [0, 0.1) is 11.7 Å². The fourth-order valence-electron chi connectivity index (χ4n) is 1.62. The molecule has 0 aromatic heterocycles. The van der Waals surface area contributed by atoms with Crippen molar-refractivity contribution in [3.63, 3.8) is 0 Å². The maximum Gasteiger partial charge on any atom is 0.220 e. The Morgan fingerprint density at radius 2 is 1.94 bits per heavy atom. The van der Waals surface area contributed by atoms with Gasteiger partial charge in [0, 0.05) is 6.42 Å². The lowest BCUT2D eigenvalue weighted by Crippen LogP contribution is -2.38. The van der Waals surface area contributed by atoms with Crippen LogP contribution in [0.25, 0.3) is 0 Å². The van der Waals surface area contributed by atoms with E-state index in [0.29, 0.717) is 12.0 Å². The highest BCUT2D eigenvalue weighted by Gasteiger charge is 2.23. The Kier molecular flexibility index (Phi) is 4.84. The molecule has 1 rings (SSSR count). The molecule has 1 atom stereocenters. The Hall–Kier alpha value is -1.42. The average molecular weight is 253 g/mol. The van der Waals surface area contributed by atoms with E-state index in [1.54, 1.807) is 6.92 Å². The summed E-state index contributed by atoms with van der Waals surface area (Å²) < 4.78 is 12.8. The minimum Gasteiger partial charge on any atom is -0.384 e. The monoisotopic (exact) mass is 253 g/mol. The predicted molar refractivity (Wildman–Crippen MR) is 68.4 cm³/mol. The number of carbonyl (C=O) groups is 1. The summed E-state index contributed by atoms with van der Waals surface area (Å²) in [6.45, 7) is 5.62. The van der Waals surface area contributed by atoms with E-state index in [1.807, 2.05) is 13.8 Å². The van der Waals surface area contributed by atoms with Gasteiger partial charge in [-0.1, -0.05) is 26.0 Å². The highest BCUT2D eigenvalue weighted by molar-refractivity contribution is 5.76. The van der Waals surface area contributed by atoms with Crippen LogP contribution in [0.3, 0.4) is 0 Å². The van der Waals surface area contributed by atoms with Gasteiger partial charge in [0.15, 0.2) is 0 Å². The summed E-state index contributed by atoms with van der Waals surface area (Å²) in [4.78, 5) is 11.5. The minimum atomic E-state index is -1.19. The smallest absolute Gasteiger partial charge is 0.220 e. The van der Waals surface area contributed by atoms with Crippen LogP contribution < -0.4 is 5.32 Å². The number of halogens is 1. The second-order valence-electron chi connectivity index (χ2n) is 5.16. The zero-order valence-electron chi connectivity index (χ0n) is 11.0. The van der Waals surface area contributed by atoms with E-state index in [0.717, 1.165) is 0 Å². The van der Waals surface area contributed by atoms with Crippen molar-refractivity contribution >= 4 is 5.91 Å². The number of amides is 1. The molecular weight excluding hydrogens is 233 g/mol. The van der Waals surface area contributed by atoms with Crippen LogP contribution >= 0.6 is 0 Å². The number of aliphatic hydroxyl groups is 1. The Labute approximate surface area is 107 Å². The molecule has 1 aromatic rings. The molecule has 0 fully saturated rings. The Morgan fingerprint density at radius 1 is 1.39 bits per heavy atom. The molecule has 1 aromatic carbocycles. The zero-order valence-corrected chi connectivity index (χ0v) is 11.0. The molecule has 0 bridgehead atoms. The van der Waals surface area contributed by atoms with Gasteiger partial charge in [-0.3, -0.25) is 4.79 Å². The maximum atomic E-state index is 12.8. The molecule has 0 aliphatic carbocycles. The van der Waals surface area contributed by atoms with E-state index in [-0.39, 0.29) is 24.2 Å². The normalized spacial score (nSPS) is 14.3. The third-order valence-electron chi connectivity index (χ3n) is 2.69. The summed E-state index contributed by atoms with van der Waals surface area (Å²) >= 11 is 0. The van der Waals surface area contributed by atoms with Gasteiger partial charge >= 0.3 is 0 Å². The quantitative estimate of drug-likeness (QED) is 0.845. The number of hydrogen-bond donors (Lipinski definition) is 2. The van der Waals surface area contributed by atoms with Crippen molar-refractivity contribution < 1.29 is 14.3 Å². The van der Waals surface area contributed by atoms with Gasteiger partial charge in [0.25, 0.3) is 0 Å². The van der Waals surface area contributed by atoms with Crippen molar-refractivity contribution in [1.29, 1.82) is 0 Å². The molecule has 4 heteroatoms. The predicted octanol–water partition coefficient (Wildman–Crippen LogP) is 2.20. The number of rotatable bonds is 5. The van der Waals surface area contributed by atoms with Crippen molar-refractivity contribution in [2.24, 2.45) is 5.92 Å². The highest BCUT2D eigenvalue weighted by atomic mass is 19.1. The van der Waals surface area contributed by atoms with Crippen molar-refractivity contribution in [3.8, 4) is 0 Å². The van der Waals surface area contributed by atoms with Crippen LogP contribution in [0.1, 0.15) is 32.8 Å². The first-order valence-corrected chi connectivity index (χ1v) is 6.06. The standard InChI is InChI=1S/C14H20FNO2/c1-10(2)8-13(17)16-9-14(3,18)11-4-6-12(15)7-5-11/h4-7,10,18H,8-9H2,1-3H3,(H,16,17). The molecule has 0 saturated carbocycles. The topological polar surface area (TPSA) is 49.3 Å². The average Bonchev–Trinajstić information content (AvgIpc) is 2.26. The molecule has 18 heavy (non-hydrogen) atoms. The SMILES string of the molecule is CC(C)CC(=O)NCC(C)(O)c1ccc(F)cc1. The van der Waals surface area contributed by atoms with E-state index in [9.17, 15) is 14.3 Å². The Balaban J connectivity index is 2.59. The molecule has 0 aliphatic rings. The molecule has 0 heterocycles. The minimum absolute atomic E-state index is 0.0904. The van der Waals surface area contributed by atoms with E-state index >= 15 is 0 Å². The second-order valence-corrected chi connectivity index (χ2v) is 5.16. The van der Waals surface area contributed by atoms with Crippen molar-refractivity contribution in [1.82, 2.24) is 5.32 Å². The molecule has 1 unspecified atom stereocenters. The number of hydrogen-bond acceptors (Lipinski definition) is 2. The van der Waals surface area contributed by atoms with Crippen LogP contribution in [0.4, 0.5) is 4.39 Å². The van der Waals surface area contributed by atoms with Gasteiger partial charge < -0.3 is 10.4 Å². The van der Waals surface area contributed by atoms with Gasteiger partial charge in [-0.05, 0) is 30.5 Å². The van der Waals surface area contributed by atoms with Gasteiger partial charge in [0.2, 0.25) is 5.91 Å². The lowest BCUT2D eigenvalue weighted by Gasteiger charge is -2.24. The van der Waals surface area contributed by atoms with E-state index in [1.165, 1.54) is 24.3 Å². The first kappa shape index (κ1) is 14.6. The third kappa shape index (κ3) is 4.45. The summed E-state index contributed by atoms with van der Waals surface area (Å²) in [6, 6.07) is 5.62. The van der Waals surface area contributed by atoms with Crippen molar-refractivity contribution in [3.05, 3.63) is 35.6 Å². The first-order valence-electron chi connectivity index (χ1n) is 6.06. The van der Waals surface area contributed by atoms with E-state index < -0.39 is 5.60 Å². The molecular formula is C14H20FNO2. The Morgan fingerprint density at radius 3 is 2.44 bits per heavy atom. The van der Waals surface area contributed by atoms with Gasteiger partial charge in [0.05, 0.1) is 6.54 Å². The fraction of sp³-hybridized carbons (Fsp3) is 0.500. The van der Waals surface area contributed by atoms with Crippen molar-refractivity contribution in [2.75, 3.05) is 6.54 Å². The van der Waals surface area contributed by atoms with Gasteiger partial charge in [-0.15, -0.1) is 0 Å². The summed E-state index contributed by atoms with van der Waals surface area (Å²) in [7, 11) is 0. The zero-order chi connectivity index (χ0) is 13.8. The van der Waals surface area contributed by atoms with Crippen LogP contribution in [-0.2, 0) is 10.4 Å². The molecule has 1 amide bonds. The molecule has 2 N–H and O–H groups in total. The molecule has 0 saturated heterocycles. The molecule has 0 aliphatic heterocycles. The number of nitrogens with one attached hydrogen (secondary N) is 1. The van der Waals surface area contributed by atoms with Gasteiger partial charge in [-0.25, -0.2) is 4.39 Å². The molecule has 100 valence electrons. The van der Waals surface area contributed by atoms with Crippen LogP contribution in [0.5, 0.6) is 0 Å². The molecule has 0 radical (unpaired) electrons. The van der Waals surface area contributed by atoms with Crippen LogP contribution in [0.2, 0.25) is 0 Å². The maximum absolute atomic E-state index is 12.8. The highest BCUT2D eigenvalue weighted by Crippen LogP contribution is 2.19. The lowest BCUT2D eigenvalue weighted by molar-refractivity contribution is -0.123. The summed E-state index contributed by atoms with van der Waals surface area (Å²) in [5.41, 5.74) is -0.617. The second kappa shape index (κ2) is 5.96. The summed E-state index contributed by atoms with van der Waals surface area (Å²) in [5.74, 6) is -0.161. The van der Waals surface area contributed by atoms with Crippen LogP contribution in [-0.4, -0.2) is 17.6 Å². The van der Waals surface area contributed by atoms with E-state index in [2.05, 4.69) is 5.32 Å². The first-order chi connectivity index (χ1) is 8.31. The summed E-state index contributed by atoms with van der Waals surface area (Å²) in [6.07, 6.45) is 0.430. The fourth-order valence-corrected chi connectivity index (χ4v) is 1.62. The van der Waals surface area contributed by atoms with Crippen LogP contribution in [0.15, 0.2) is 24.3 Å². The molecule has 3 nitrogen and oxygen atoms in total. The Bertz CT molecular complexity index is 399. The number of benzene rings is 1. The number of carbonyl (C=O) groups excluding carboxylic acids is 1. The van der Waals surface area contributed by atoms with Crippen molar-refractivity contribution in [2.45, 2.75) is 32.8 Å².